The lowest BCUT2D eigenvalue weighted by atomic mass is 9.99. The molecule has 0 aliphatic carbocycles. The van der Waals surface area contributed by atoms with Gasteiger partial charge in [0.1, 0.15) is 12.4 Å². The summed E-state index contributed by atoms with van der Waals surface area (Å²) in [5.41, 5.74) is 0. The summed E-state index contributed by atoms with van der Waals surface area (Å²) in [6, 6.07) is 7.03. The summed E-state index contributed by atoms with van der Waals surface area (Å²) >= 11 is 5.75. The second-order valence-corrected chi connectivity index (χ2v) is 4.16. The Morgan fingerprint density at radius 2 is 1.81 bits per heavy atom. The van der Waals surface area contributed by atoms with E-state index in [9.17, 15) is 4.79 Å². The van der Waals surface area contributed by atoms with E-state index in [1.807, 2.05) is 13.8 Å². The standard InChI is InChI=1S/C13H17ClO2/c1-3-10(4-2)13(15)9-16-12-7-5-11(14)6-8-12/h5-8,10H,3-4,9H2,1-2H3. The van der Waals surface area contributed by atoms with E-state index in [2.05, 4.69) is 0 Å². The summed E-state index contributed by atoms with van der Waals surface area (Å²) in [7, 11) is 0. The number of hydrogen-bond donors (Lipinski definition) is 0. The molecule has 0 unspecified atom stereocenters. The number of ketones is 1. The van der Waals surface area contributed by atoms with E-state index in [1.165, 1.54) is 0 Å². The van der Waals surface area contributed by atoms with Crippen LogP contribution in [0.25, 0.3) is 0 Å². The minimum Gasteiger partial charge on any atom is -0.486 e. The number of hydrogen-bond acceptors (Lipinski definition) is 2. The molecule has 2 nitrogen and oxygen atoms in total. The van der Waals surface area contributed by atoms with Gasteiger partial charge in [0.15, 0.2) is 5.78 Å². The molecule has 0 saturated heterocycles. The highest BCUT2D eigenvalue weighted by atomic mass is 35.5. The minimum absolute atomic E-state index is 0.118. The van der Waals surface area contributed by atoms with E-state index < -0.39 is 0 Å². The highest BCUT2D eigenvalue weighted by molar-refractivity contribution is 6.30. The van der Waals surface area contributed by atoms with Crippen molar-refractivity contribution >= 4 is 17.4 Å². The van der Waals surface area contributed by atoms with Gasteiger partial charge in [-0.15, -0.1) is 0 Å². The third kappa shape index (κ3) is 3.86. The van der Waals surface area contributed by atoms with E-state index in [0.717, 1.165) is 12.8 Å². The molecule has 0 aliphatic heterocycles. The highest BCUT2D eigenvalue weighted by Gasteiger charge is 2.14. The molecule has 0 N–H and O–H groups in total. The van der Waals surface area contributed by atoms with Gasteiger partial charge in [-0.2, -0.15) is 0 Å². The maximum absolute atomic E-state index is 11.7. The Morgan fingerprint density at radius 3 is 2.31 bits per heavy atom. The zero-order chi connectivity index (χ0) is 12.0. The molecule has 0 fully saturated rings. The SMILES string of the molecule is CCC(CC)C(=O)COc1ccc(Cl)cc1. The molecule has 0 spiro atoms. The number of carbonyl (C=O) groups is 1. The molecule has 0 aromatic heterocycles. The largest absolute Gasteiger partial charge is 0.486 e. The van der Waals surface area contributed by atoms with Gasteiger partial charge in [0.05, 0.1) is 0 Å². The predicted octanol–water partition coefficient (Wildman–Crippen LogP) is 3.72. The van der Waals surface area contributed by atoms with Crippen LogP contribution in [-0.2, 0) is 4.79 Å². The van der Waals surface area contributed by atoms with Crippen LogP contribution in [-0.4, -0.2) is 12.4 Å². The number of carbonyl (C=O) groups excluding carboxylic acids is 1. The van der Waals surface area contributed by atoms with Gasteiger partial charge >= 0.3 is 0 Å². The summed E-state index contributed by atoms with van der Waals surface area (Å²) < 4.78 is 5.40. The second-order valence-electron chi connectivity index (χ2n) is 3.72. The average Bonchev–Trinajstić information content (AvgIpc) is 2.30. The Balaban J connectivity index is 2.45. The normalized spacial score (nSPS) is 10.5. The van der Waals surface area contributed by atoms with Gasteiger partial charge < -0.3 is 4.74 Å². The molecule has 1 aromatic rings. The van der Waals surface area contributed by atoms with Crippen LogP contribution in [0.1, 0.15) is 26.7 Å². The summed E-state index contributed by atoms with van der Waals surface area (Å²) in [6.07, 6.45) is 1.75. The first-order valence-electron chi connectivity index (χ1n) is 5.58. The van der Waals surface area contributed by atoms with Crippen LogP contribution in [0.4, 0.5) is 0 Å². The molecule has 1 aromatic carbocycles. The number of benzene rings is 1. The number of halogens is 1. The van der Waals surface area contributed by atoms with Crippen molar-refractivity contribution in [3.8, 4) is 5.75 Å². The smallest absolute Gasteiger partial charge is 0.173 e. The highest BCUT2D eigenvalue weighted by Crippen LogP contribution is 2.16. The topological polar surface area (TPSA) is 26.3 Å². The lowest BCUT2D eigenvalue weighted by molar-refractivity contribution is -0.125. The molecule has 0 aliphatic rings. The van der Waals surface area contributed by atoms with Gasteiger partial charge in [-0.3, -0.25) is 4.79 Å². The number of rotatable bonds is 6. The summed E-state index contributed by atoms with van der Waals surface area (Å²) in [5.74, 6) is 0.968. The molecule has 1 rings (SSSR count). The van der Waals surface area contributed by atoms with E-state index in [0.29, 0.717) is 10.8 Å². The van der Waals surface area contributed by atoms with Crippen LogP contribution < -0.4 is 4.74 Å². The Labute approximate surface area is 102 Å². The van der Waals surface area contributed by atoms with Gasteiger partial charge in [-0.1, -0.05) is 25.4 Å². The van der Waals surface area contributed by atoms with E-state index in [-0.39, 0.29) is 18.3 Å². The van der Waals surface area contributed by atoms with Gasteiger partial charge in [0.2, 0.25) is 0 Å². The number of ether oxygens (including phenoxy) is 1. The first-order chi connectivity index (χ1) is 7.67. The third-order valence-electron chi connectivity index (χ3n) is 2.64. The van der Waals surface area contributed by atoms with Crippen molar-refractivity contribution in [3.05, 3.63) is 29.3 Å². The second kappa shape index (κ2) is 6.54. The van der Waals surface area contributed by atoms with Gasteiger partial charge in [0, 0.05) is 10.9 Å². The average molecular weight is 241 g/mol. The Kier molecular flexibility index (Phi) is 5.33. The summed E-state index contributed by atoms with van der Waals surface area (Å²) in [5, 5.41) is 0.665. The zero-order valence-corrected chi connectivity index (χ0v) is 10.5. The fraction of sp³-hybridized carbons (Fsp3) is 0.462. The Bertz CT molecular complexity index is 328. The molecule has 0 amide bonds. The van der Waals surface area contributed by atoms with Crippen LogP contribution in [0.2, 0.25) is 5.02 Å². The van der Waals surface area contributed by atoms with E-state index in [1.54, 1.807) is 24.3 Å². The van der Waals surface area contributed by atoms with E-state index in [4.69, 9.17) is 16.3 Å². The van der Waals surface area contributed by atoms with Crippen LogP contribution in [0.15, 0.2) is 24.3 Å². The monoisotopic (exact) mass is 240 g/mol. The molecular formula is C13H17ClO2. The Hall–Kier alpha value is -1.02. The van der Waals surface area contributed by atoms with Crippen molar-refractivity contribution in [1.82, 2.24) is 0 Å². The summed E-state index contributed by atoms with van der Waals surface area (Å²) in [6.45, 7) is 4.19. The number of Topliss-reactive ketones (excluding diaryl/α,β-unsaturated/α-hetero) is 1. The van der Waals surface area contributed by atoms with Crippen molar-refractivity contribution in [2.45, 2.75) is 26.7 Å². The maximum Gasteiger partial charge on any atom is 0.173 e. The van der Waals surface area contributed by atoms with Crippen molar-refractivity contribution < 1.29 is 9.53 Å². The lowest BCUT2D eigenvalue weighted by Crippen LogP contribution is -2.20. The van der Waals surface area contributed by atoms with E-state index >= 15 is 0 Å². The van der Waals surface area contributed by atoms with Crippen LogP contribution in [0.3, 0.4) is 0 Å². The molecule has 0 atom stereocenters. The summed E-state index contributed by atoms with van der Waals surface area (Å²) in [4.78, 5) is 11.7. The van der Waals surface area contributed by atoms with Crippen molar-refractivity contribution in [2.24, 2.45) is 5.92 Å². The lowest BCUT2D eigenvalue weighted by Gasteiger charge is -2.11. The van der Waals surface area contributed by atoms with Gasteiger partial charge in [0.25, 0.3) is 0 Å². The van der Waals surface area contributed by atoms with Crippen molar-refractivity contribution in [2.75, 3.05) is 6.61 Å². The van der Waals surface area contributed by atoms with Crippen LogP contribution in [0, 0.1) is 5.92 Å². The molecular weight excluding hydrogens is 224 g/mol. The fourth-order valence-corrected chi connectivity index (χ4v) is 1.67. The molecule has 16 heavy (non-hydrogen) atoms. The minimum atomic E-state index is 0.118. The molecule has 0 heterocycles. The van der Waals surface area contributed by atoms with Crippen molar-refractivity contribution in [1.29, 1.82) is 0 Å². The third-order valence-corrected chi connectivity index (χ3v) is 2.89. The quantitative estimate of drug-likeness (QED) is 0.758. The van der Waals surface area contributed by atoms with Gasteiger partial charge in [-0.05, 0) is 37.1 Å². The maximum atomic E-state index is 11.7. The predicted molar refractivity (Wildman–Crippen MR) is 66.0 cm³/mol. The molecule has 0 radical (unpaired) electrons. The zero-order valence-electron chi connectivity index (χ0n) is 9.70. The fourth-order valence-electron chi connectivity index (χ4n) is 1.55. The molecule has 0 saturated carbocycles. The van der Waals surface area contributed by atoms with Gasteiger partial charge in [-0.25, -0.2) is 0 Å². The Morgan fingerprint density at radius 1 is 1.25 bits per heavy atom. The first kappa shape index (κ1) is 13.0. The molecule has 88 valence electrons. The van der Waals surface area contributed by atoms with Crippen LogP contribution >= 0.6 is 11.6 Å². The van der Waals surface area contributed by atoms with Crippen molar-refractivity contribution in [3.63, 3.8) is 0 Å². The first-order valence-corrected chi connectivity index (χ1v) is 5.96. The van der Waals surface area contributed by atoms with Crippen LogP contribution in [0.5, 0.6) is 5.75 Å². The molecule has 0 bridgehead atoms. The molecule has 3 heteroatoms.